The van der Waals surface area contributed by atoms with Gasteiger partial charge in [-0.05, 0) is 30.5 Å². The van der Waals surface area contributed by atoms with Gasteiger partial charge in [0.1, 0.15) is 12.2 Å². The van der Waals surface area contributed by atoms with Gasteiger partial charge >= 0.3 is 18.0 Å². The molecule has 3 amide bonds. The van der Waals surface area contributed by atoms with Gasteiger partial charge in [-0.15, -0.1) is 0 Å². The van der Waals surface area contributed by atoms with Crippen molar-refractivity contribution < 1.29 is 24.1 Å². The Hall–Kier alpha value is -3.23. The molecule has 1 aromatic carbocycles. The van der Waals surface area contributed by atoms with Crippen LogP contribution in [0.5, 0.6) is 0 Å². The lowest BCUT2D eigenvalue weighted by Crippen LogP contribution is -2.64. The van der Waals surface area contributed by atoms with Crippen molar-refractivity contribution in [1.82, 2.24) is 9.80 Å². The molecule has 0 saturated carbocycles. The van der Waals surface area contributed by atoms with Gasteiger partial charge in [-0.25, -0.2) is 19.2 Å². The monoisotopic (exact) mass is 412 g/mol. The molecule has 0 aromatic heterocycles. The van der Waals surface area contributed by atoms with Crippen molar-refractivity contribution in [1.29, 1.82) is 0 Å². The van der Waals surface area contributed by atoms with Crippen LogP contribution in [0.3, 0.4) is 0 Å². The number of amidine groups is 1. The van der Waals surface area contributed by atoms with Crippen LogP contribution in [0.15, 0.2) is 29.3 Å². The van der Waals surface area contributed by atoms with Gasteiger partial charge in [-0.3, -0.25) is 14.5 Å². The Labute approximate surface area is 174 Å². The first kappa shape index (κ1) is 20.1. The molecule has 9 nitrogen and oxygen atoms in total. The maximum absolute atomic E-state index is 13.0. The van der Waals surface area contributed by atoms with Crippen molar-refractivity contribution in [2.45, 2.75) is 38.6 Å². The lowest BCUT2D eigenvalue weighted by Gasteiger charge is -2.33. The van der Waals surface area contributed by atoms with Crippen LogP contribution in [0.2, 0.25) is 0 Å². The van der Waals surface area contributed by atoms with Crippen molar-refractivity contribution in [2.24, 2.45) is 4.99 Å². The Morgan fingerprint density at radius 3 is 2.67 bits per heavy atom. The first-order valence-electron chi connectivity index (χ1n) is 10.3. The van der Waals surface area contributed by atoms with Crippen LogP contribution in [0.1, 0.15) is 31.7 Å². The van der Waals surface area contributed by atoms with Crippen LogP contribution >= 0.6 is 0 Å². The number of unbranched alkanes of at least 4 members (excludes halogenated alkanes) is 1. The Morgan fingerprint density at radius 2 is 2.00 bits per heavy atom. The van der Waals surface area contributed by atoms with E-state index in [-0.39, 0.29) is 0 Å². The lowest BCUT2D eigenvalue weighted by molar-refractivity contribution is -0.539. The van der Waals surface area contributed by atoms with Crippen LogP contribution < -0.4 is 4.90 Å². The predicted octanol–water partition coefficient (Wildman–Crippen LogP) is 1.37. The molecular weight excluding hydrogens is 386 g/mol. The fourth-order valence-corrected chi connectivity index (χ4v) is 4.20. The smallest absolute Gasteiger partial charge is 0.397 e. The van der Waals surface area contributed by atoms with Gasteiger partial charge in [0.05, 0.1) is 13.1 Å². The highest BCUT2D eigenvalue weighted by molar-refractivity contribution is 6.24. The number of carbonyl (C=O) groups excluding carboxylic acids is 2. The van der Waals surface area contributed by atoms with E-state index in [1.165, 1.54) is 17.5 Å². The molecule has 1 atom stereocenters. The molecule has 1 saturated heterocycles. The number of aryl methyl sites for hydroxylation is 1. The van der Waals surface area contributed by atoms with E-state index in [0.717, 1.165) is 42.8 Å². The van der Waals surface area contributed by atoms with Gasteiger partial charge in [0.25, 0.3) is 5.91 Å². The van der Waals surface area contributed by atoms with Crippen LogP contribution in [-0.2, 0) is 16.0 Å². The standard InChI is InChI=1S/C21H25N5O4/c1-3-4-6-14-7-9-15(10-8-14)24-11-5-12-25-17-18(22-20(24)25)23(2)21(30)26(19(17)29)13-16(27)28/h7-10,17H,3-6,11-13H2,1-2H3/p+1. The molecule has 0 radical (unpaired) electrons. The van der Waals surface area contributed by atoms with Crippen molar-refractivity contribution in [3.8, 4) is 0 Å². The number of anilines is 1. The molecule has 30 heavy (non-hydrogen) atoms. The summed E-state index contributed by atoms with van der Waals surface area (Å²) < 4.78 is 1.88. The second kappa shape index (κ2) is 7.89. The third kappa shape index (κ3) is 3.34. The van der Waals surface area contributed by atoms with Crippen LogP contribution in [-0.4, -0.2) is 81.9 Å². The molecule has 4 rings (SSSR count). The van der Waals surface area contributed by atoms with Gasteiger partial charge in [0.15, 0.2) is 0 Å². The fraction of sp³-hybridized carbons (Fsp3) is 0.476. The second-order valence-corrected chi connectivity index (χ2v) is 7.80. The van der Waals surface area contributed by atoms with E-state index in [1.54, 1.807) is 0 Å². The molecule has 0 bridgehead atoms. The van der Waals surface area contributed by atoms with E-state index in [4.69, 9.17) is 5.11 Å². The SMILES string of the molecule is CCCCc1ccc(N2CCC[N+]3=C2N=C2C3C(=O)N(CC(=O)O)C(=O)N2C)cc1. The number of likely N-dealkylation sites (N-methyl/N-ethyl adjacent to an activating group) is 1. The molecule has 9 heteroatoms. The molecule has 1 fully saturated rings. The number of fused-ring (bicyclic) bond motifs is 2. The van der Waals surface area contributed by atoms with E-state index in [9.17, 15) is 14.4 Å². The van der Waals surface area contributed by atoms with Crippen LogP contribution in [0, 0.1) is 0 Å². The van der Waals surface area contributed by atoms with E-state index in [2.05, 4.69) is 41.1 Å². The largest absolute Gasteiger partial charge is 0.480 e. The molecule has 1 aromatic rings. The minimum absolute atomic E-state index is 0.355. The molecular formula is C21H26N5O4+. The third-order valence-electron chi connectivity index (χ3n) is 5.77. The summed E-state index contributed by atoms with van der Waals surface area (Å²) in [6, 6.07) is 6.94. The van der Waals surface area contributed by atoms with Crippen LogP contribution in [0.4, 0.5) is 10.5 Å². The number of imide groups is 1. The molecule has 0 aliphatic carbocycles. The second-order valence-electron chi connectivity index (χ2n) is 7.80. The summed E-state index contributed by atoms with van der Waals surface area (Å²) in [7, 11) is 1.53. The number of hydrogen-bond donors (Lipinski definition) is 1. The molecule has 3 aliphatic rings. The Bertz CT molecular complexity index is 953. The number of carboxylic acids is 1. The highest BCUT2D eigenvalue weighted by Gasteiger charge is 2.54. The average molecular weight is 412 g/mol. The van der Waals surface area contributed by atoms with Crippen molar-refractivity contribution in [2.75, 3.05) is 31.6 Å². The zero-order valence-corrected chi connectivity index (χ0v) is 17.2. The number of nitrogens with zero attached hydrogens (tertiary/aromatic N) is 5. The quantitative estimate of drug-likeness (QED) is 0.712. The average Bonchev–Trinajstić information content (AvgIpc) is 3.14. The van der Waals surface area contributed by atoms with Gasteiger partial charge in [0, 0.05) is 13.5 Å². The zero-order chi connectivity index (χ0) is 21.4. The zero-order valence-electron chi connectivity index (χ0n) is 17.2. The number of carbonyl (C=O) groups is 3. The fourth-order valence-electron chi connectivity index (χ4n) is 4.20. The molecule has 1 N–H and O–H groups in total. The van der Waals surface area contributed by atoms with Gasteiger partial charge in [0.2, 0.25) is 11.9 Å². The summed E-state index contributed by atoms with van der Waals surface area (Å²) in [6.45, 7) is 2.89. The van der Waals surface area contributed by atoms with Gasteiger partial charge in [-0.2, -0.15) is 0 Å². The number of guanidine groups is 1. The summed E-state index contributed by atoms with van der Waals surface area (Å²) in [5, 5.41) is 9.11. The first-order valence-corrected chi connectivity index (χ1v) is 10.3. The van der Waals surface area contributed by atoms with E-state index in [0.29, 0.717) is 18.3 Å². The summed E-state index contributed by atoms with van der Waals surface area (Å²) in [5.41, 5.74) is 2.28. The van der Waals surface area contributed by atoms with Crippen LogP contribution in [0.25, 0.3) is 0 Å². The highest BCUT2D eigenvalue weighted by atomic mass is 16.4. The number of aliphatic carboxylic acids is 1. The Balaban J connectivity index is 1.66. The van der Waals surface area contributed by atoms with E-state index < -0.39 is 30.5 Å². The number of carboxylic acid groups (broad SMARTS) is 1. The van der Waals surface area contributed by atoms with E-state index in [1.807, 2.05) is 4.58 Å². The maximum Gasteiger partial charge on any atom is 0.397 e. The maximum atomic E-state index is 13.0. The topological polar surface area (TPSA) is 96.5 Å². The Morgan fingerprint density at radius 1 is 1.27 bits per heavy atom. The summed E-state index contributed by atoms with van der Waals surface area (Å²) in [6.07, 6.45) is 4.17. The normalized spacial score (nSPS) is 21.1. The molecule has 158 valence electrons. The number of amides is 3. The minimum atomic E-state index is -1.23. The van der Waals surface area contributed by atoms with Crippen molar-refractivity contribution in [3.05, 3.63) is 29.8 Å². The van der Waals surface area contributed by atoms with Crippen molar-refractivity contribution in [3.63, 3.8) is 0 Å². The highest BCUT2D eigenvalue weighted by Crippen LogP contribution is 2.26. The molecule has 3 aliphatic heterocycles. The van der Waals surface area contributed by atoms with Gasteiger partial charge in [-0.1, -0.05) is 30.5 Å². The first-order chi connectivity index (χ1) is 14.4. The number of rotatable bonds is 6. The third-order valence-corrected chi connectivity index (χ3v) is 5.77. The lowest BCUT2D eigenvalue weighted by atomic mass is 10.1. The summed E-state index contributed by atoms with van der Waals surface area (Å²) in [4.78, 5) is 45.5. The molecule has 3 heterocycles. The predicted molar refractivity (Wildman–Crippen MR) is 111 cm³/mol. The molecule has 0 spiro atoms. The Kier molecular flexibility index (Phi) is 5.27. The van der Waals surface area contributed by atoms with Crippen molar-refractivity contribution >= 4 is 35.4 Å². The van der Waals surface area contributed by atoms with Gasteiger partial charge < -0.3 is 5.11 Å². The van der Waals surface area contributed by atoms with E-state index >= 15 is 0 Å². The summed E-state index contributed by atoms with van der Waals surface area (Å²) in [5.74, 6) is -0.775. The number of benzene rings is 1. The minimum Gasteiger partial charge on any atom is -0.480 e. The number of hydrogen-bond acceptors (Lipinski definition) is 5. The summed E-state index contributed by atoms with van der Waals surface area (Å²) >= 11 is 0. The number of urea groups is 1. The molecule has 1 unspecified atom stereocenters. The number of aliphatic imine (C=N–C) groups is 1.